The van der Waals surface area contributed by atoms with E-state index in [-0.39, 0.29) is 6.04 Å². The van der Waals surface area contributed by atoms with Crippen molar-refractivity contribution in [2.24, 2.45) is 0 Å². The standard InChI is InChI=1S/C15H23F2NO/c1-5-15(6-2,19-7-3)14(18-4)12-10-11(16)8-9-13(12)17/h8-10,14,18H,5-7H2,1-4H3. The van der Waals surface area contributed by atoms with E-state index in [1.54, 1.807) is 7.05 Å². The van der Waals surface area contributed by atoms with Crippen LogP contribution in [0.1, 0.15) is 45.2 Å². The molecule has 19 heavy (non-hydrogen) atoms. The monoisotopic (exact) mass is 271 g/mol. The molecule has 1 N–H and O–H groups in total. The average Bonchev–Trinajstić information content (AvgIpc) is 2.42. The first-order valence-corrected chi connectivity index (χ1v) is 6.80. The highest BCUT2D eigenvalue weighted by atomic mass is 19.1. The zero-order valence-corrected chi connectivity index (χ0v) is 12.1. The van der Waals surface area contributed by atoms with Gasteiger partial charge >= 0.3 is 0 Å². The fourth-order valence-electron chi connectivity index (χ4n) is 2.67. The minimum absolute atomic E-state index is 0.319. The van der Waals surface area contributed by atoms with Crippen LogP contribution >= 0.6 is 0 Å². The average molecular weight is 271 g/mol. The molecule has 0 amide bonds. The molecular formula is C15H23F2NO. The highest BCUT2D eigenvalue weighted by Crippen LogP contribution is 2.36. The lowest BCUT2D eigenvalue weighted by Gasteiger charge is -2.39. The second-order valence-electron chi connectivity index (χ2n) is 4.59. The molecule has 0 bridgehead atoms. The van der Waals surface area contributed by atoms with Gasteiger partial charge in [-0.3, -0.25) is 0 Å². The number of likely N-dealkylation sites (N-methyl/N-ethyl adjacent to an activating group) is 1. The molecule has 0 fully saturated rings. The molecule has 0 aliphatic carbocycles. The third kappa shape index (κ3) is 3.31. The molecule has 0 heterocycles. The zero-order valence-electron chi connectivity index (χ0n) is 12.1. The van der Waals surface area contributed by atoms with E-state index >= 15 is 0 Å². The molecule has 0 aliphatic rings. The SMILES string of the molecule is CCOC(CC)(CC)C(NC)c1cc(F)ccc1F. The van der Waals surface area contributed by atoms with Crippen LogP contribution in [0.4, 0.5) is 8.78 Å². The van der Waals surface area contributed by atoms with Crippen molar-refractivity contribution in [1.82, 2.24) is 5.32 Å². The largest absolute Gasteiger partial charge is 0.373 e. The second kappa shape index (κ2) is 6.96. The molecule has 1 unspecified atom stereocenters. The molecule has 4 heteroatoms. The Bertz CT molecular complexity index is 405. The summed E-state index contributed by atoms with van der Waals surface area (Å²) in [4.78, 5) is 0. The van der Waals surface area contributed by atoms with Gasteiger partial charge in [0, 0.05) is 12.2 Å². The lowest BCUT2D eigenvalue weighted by molar-refractivity contribution is -0.0725. The molecule has 0 aliphatic heterocycles. The van der Waals surface area contributed by atoms with Crippen molar-refractivity contribution in [2.45, 2.75) is 45.3 Å². The Morgan fingerprint density at radius 2 is 1.84 bits per heavy atom. The summed E-state index contributed by atoms with van der Waals surface area (Å²) in [7, 11) is 1.74. The predicted molar refractivity (Wildman–Crippen MR) is 73.1 cm³/mol. The number of hydrogen-bond donors (Lipinski definition) is 1. The van der Waals surface area contributed by atoms with Gasteiger partial charge in [0.2, 0.25) is 0 Å². The van der Waals surface area contributed by atoms with Gasteiger partial charge in [0.15, 0.2) is 0 Å². The Balaban J connectivity index is 3.26. The highest BCUT2D eigenvalue weighted by Gasteiger charge is 2.38. The Hall–Kier alpha value is -1.00. The quantitative estimate of drug-likeness (QED) is 0.814. The minimum Gasteiger partial charge on any atom is -0.373 e. The summed E-state index contributed by atoms with van der Waals surface area (Å²) < 4.78 is 33.3. The van der Waals surface area contributed by atoms with Crippen molar-refractivity contribution in [3.05, 3.63) is 35.4 Å². The van der Waals surface area contributed by atoms with Crippen LogP contribution in [0.15, 0.2) is 18.2 Å². The molecule has 2 nitrogen and oxygen atoms in total. The third-order valence-corrected chi connectivity index (χ3v) is 3.71. The molecule has 108 valence electrons. The smallest absolute Gasteiger partial charge is 0.128 e. The van der Waals surface area contributed by atoms with Crippen LogP contribution in [0.3, 0.4) is 0 Å². The first kappa shape index (κ1) is 16.1. The Labute approximate surface area is 114 Å². The Kier molecular flexibility index (Phi) is 5.88. The van der Waals surface area contributed by atoms with Crippen LogP contribution in [0.25, 0.3) is 0 Å². The molecule has 1 atom stereocenters. The molecule has 0 radical (unpaired) electrons. The van der Waals surface area contributed by atoms with Crippen molar-refractivity contribution < 1.29 is 13.5 Å². The van der Waals surface area contributed by atoms with E-state index < -0.39 is 17.2 Å². The summed E-state index contributed by atoms with van der Waals surface area (Å²) >= 11 is 0. The van der Waals surface area contributed by atoms with Gasteiger partial charge in [-0.1, -0.05) is 13.8 Å². The normalized spacial score (nSPS) is 13.6. The predicted octanol–water partition coefficient (Wildman–Crippen LogP) is 3.82. The van der Waals surface area contributed by atoms with Crippen LogP contribution < -0.4 is 5.32 Å². The number of benzene rings is 1. The lowest BCUT2D eigenvalue weighted by Crippen LogP contribution is -2.44. The fraction of sp³-hybridized carbons (Fsp3) is 0.600. The molecular weight excluding hydrogens is 248 g/mol. The Morgan fingerprint density at radius 1 is 1.21 bits per heavy atom. The maximum atomic E-state index is 14.0. The molecule has 0 spiro atoms. The van der Waals surface area contributed by atoms with Gasteiger partial charge in [0.1, 0.15) is 11.6 Å². The van der Waals surface area contributed by atoms with E-state index in [2.05, 4.69) is 5.32 Å². The first-order valence-electron chi connectivity index (χ1n) is 6.80. The molecule has 0 saturated carbocycles. The fourth-order valence-corrected chi connectivity index (χ4v) is 2.67. The van der Waals surface area contributed by atoms with Crippen molar-refractivity contribution in [2.75, 3.05) is 13.7 Å². The summed E-state index contributed by atoms with van der Waals surface area (Å²) in [5, 5.41) is 3.08. The zero-order chi connectivity index (χ0) is 14.5. The molecule has 0 saturated heterocycles. The van der Waals surface area contributed by atoms with Crippen LogP contribution in [0, 0.1) is 11.6 Å². The van der Waals surface area contributed by atoms with E-state index in [0.717, 1.165) is 25.0 Å². The van der Waals surface area contributed by atoms with Crippen molar-refractivity contribution in [3.8, 4) is 0 Å². The van der Waals surface area contributed by atoms with E-state index in [4.69, 9.17) is 4.74 Å². The van der Waals surface area contributed by atoms with Crippen molar-refractivity contribution in [3.63, 3.8) is 0 Å². The van der Waals surface area contributed by atoms with Gasteiger partial charge in [-0.25, -0.2) is 8.78 Å². The molecule has 1 aromatic rings. The topological polar surface area (TPSA) is 21.3 Å². The van der Waals surface area contributed by atoms with Crippen molar-refractivity contribution >= 4 is 0 Å². The van der Waals surface area contributed by atoms with E-state index in [0.29, 0.717) is 12.2 Å². The lowest BCUT2D eigenvalue weighted by atomic mass is 9.83. The first-order chi connectivity index (χ1) is 9.04. The van der Waals surface area contributed by atoms with Gasteiger partial charge in [-0.05, 0) is 45.0 Å². The summed E-state index contributed by atoms with van der Waals surface area (Å²) in [5.41, 5.74) is -0.211. The van der Waals surface area contributed by atoms with Gasteiger partial charge in [0.05, 0.1) is 11.6 Å². The van der Waals surface area contributed by atoms with Gasteiger partial charge in [0.25, 0.3) is 0 Å². The van der Waals surface area contributed by atoms with Crippen LogP contribution in [-0.4, -0.2) is 19.3 Å². The highest BCUT2D eigenvalue weighted by molar-refractivity contribution is 5.25. The van der Waals surface area contributed by atoms with Gasteiger partial charge in [-0.2, -0.15) is 0 Å². The summed E-state index contributed by atoms with van der Waals surface area (Å²) in [6.45, 7) is 6.45. The van der Waals surface area contributed by atoms with Crippen LogP contribution in [-0.2, 0) is 4.74 Å². The maximum absolute atomic E-state index is 14.0. The molecule has 0 aromatic heterocycles. The number of ether oxygens (including phenoxy) is 1. The summed E-state index contributed by atoms with van der Waals surface area (Å²) in [6.07, 6.45) is 1.44. The van der Waals surface area contributed by atoms with Gasteiger partial charge < -0.3 is 10.1 Å². The molecule has 1 rings (SSSR count). The second-order valence-corrected chi connectivity index (χ2v) is 4.59. The van der Waals surface area contributed by atoms with Crippen LogP contribution in [0.5, 0.6) is 0 Å². The molecule has 1 aromatic carbocycles. The number of halogens is 2. The third-order valence-electron chi connectivity index (χ3n) is 3.71. The van der Waals surface area contributed by atoms with E-state index in [1.807, 2.05) is 20.8 Å². The Morgan fingerprint density at radius 3 is 2.32 bits per heavy atom. The van der Waals surface area contributed by atoms with Crippen LogP contribution in [0.2, 0.25) is 0 Å². The van der Waals surface area contributed by atoms with E-state index in [9.17, 15) is 8.78 Å². The number of nitrogens with one attached hydrogen (secondary N) is 1. The summed E-state index contributed by atoms with van der Waals surface area (Å²) in [6, 6.07) is 3.16. The maximum Gasteiger partial charge on any atom is 0.128 e. The summed E-state index contributed by atoms with van der Waals surface area (Å²) in [5.74, 6) is -0.846. The van der Waals surface area contributed by atoms with Crippen molar-refractivity contribution in [1.29, 1.82) is 0 Å². The minimum atomic E-state index is -0.530. The number of hydrogen-bond acceptors (Lipinski definition) is 2. The van der Waals surface area contributed by atoms with Gasteiger partial charge in [-0.15, -0.1) is 0 Å². The number of rotatable bonds is 7. The van der Waals surface area contributed by atoms with E-state index in [1.165, 1.54) is 6.07 Å².